The van der Waals surface area contributed by atoms with Crippen molar-refractivity contribution in [3.05, 3.63) is 47.9 Å². The highest BCUT2D eigenvalue weighted by Crippen LogP contribution is 2.35. The van der Waals surface area contributed by atoms with Crippen molar-refractivity contribution in [2.24, 2.45) is 5.73 Å². The zero-order valence-electron chi connectivity index (χ0n) is 9.34. The quantitative estimate of drug-likeness (QED) is 0.847. The molecule has 0 bridgehead atoms. The monoisotopic (exact) mass is 227 g/mol. The first-order valence-electron chi connectivity index (χ1n) is 5.60. The molecule has 2 N–H and O–H groups in total. The lowest BCUT2D eigenvalue weighted by Gasteiger charge is -2.08. The minimum atomic E-state index is 0.0202. The Kier molecular flexibility index (Phi) is 2.59. The minimum Gasteiger partial charge on any atom is -0.367 e. The average Bonchev–Trinajstić information content (AvgIpc) is 2.82. The number of fused-ring (bicyclic) bond motifs is 1. The molecule has 17 heavy (non-hydrogen) atoms. The summed E-state index contributed by atoms with van der Waals surface area (Å²) in [5.41, 5.74) is 10.1. The van der Waals surface area contributed by atoms with E-state index in [1.54, 1.807) is 12.5 Å². The van der Waals surface area contributed by atoms with Crippen LogP contribution in [0.1, 0.15) is 17.2 Å². The highest BCUT2D eigenvalue weighted by Gasteiger charge is 2.24. The van der Waals surface area contributed by atoms with Crippen LogP contribution in [0.3, 0.4) is 0 Å². The van der Waals surface area contributed by atoms with Crippen LogP contribution in [0.25, 0.3) is 11.3 Å². The van der Waals surface area contributed by atoms with Crippen molar-refractivity contribution in [2.45, 2.75) is 12.7 Å². The summed E-state index contributed by atoms with van der Waals surface area (Å²) >= 11 is 0. The maximum atomic E-state index is 5.69. The van der Waals surface area contributed by atoms with Gasteiger partial charge in [0.2, 0.25) is 0 Å². The molecule has 2 heterocycles. The lowest BCUT2D eigenvalue weighted by molar-refractivity contribution is 0.0724. The number of benzene rings is 1. The van der Waals surface area contributed by atoms with Gasteiger partial charge in [0, 0.05) is 18.3 Å². The van der Waals surface area contributed by atoms with Crippen LogP contribution in [-0.4, -0.2) is 16.5 Å². The van der Waals surface area contributed by atoms with E-state index in [1.807, 2.05) is 12.1 Å². The number of nitrogens with zero attached hydrogens (tertiary/aromatic N) is 2. The zero-order chi connectivity index (χ0) is 11.7. The average molecular weight is 227 g/mol. The summed E-state index contributed by atoms with van der Waals surface area (Å²) in [7, 11) is 0. The third-order valence-corrected chi connectivity index (χ3v) is 3.06. The van der Waals surface area contributed by atoms with E-state index in [4.69, 9.17) is 10.5 Å². The van der Waals surface area contributed by atoms with Gasteiger partial charge in [-0.05, 0) is 17.2 Å². The summed E-state index contributed by atoms with van der Waals surface area (Å²) in [6, 6.07) is 8.06. The summed E-state index contributed by atoms with van der Waals surface area (Å²) in [6.45, 7) is 1.12. The molecular formula is C13H13N3O. The number of rotatable bonds is 2. The molecule has 0 amide bonds. The Morgan fingerprint density at radius 2 is 2.29 bits per heavy atom. The van der Waals surface area contributed by atoms with Crippen molar-refractivity contribution in [3.63, 3.8) is 0 Å². The predicted octanol–water partition coefficient (Wildman–Crippen LogP) is 1.67. The van der Waals surface area contributed by atoms with Gasteiger partial charge >= 0.3 is 0 Å². The van der Waals surface area contributed by atoms with Crippen LogP contribution in [0.5, 0.6) is 0 Å². The Morgan fingerprint density at radius 3 is 3.06 bits per heavy atom. The van der Waals surface area contributed by atoms with E-state index < -0.39 is 0 Å². The molecule has 0 aliphatic carbocycles. The van der Waals surface area contributed by atoms with Crippen LogP contribution >= 0.6 is 0 Å². The molecule has 1 atom stereocenters. The third kappa shape index (κ3) is 1.71. The molecule has 0 saturated heterocycles. The summed E-state index contributed by atoms with van der Waals surface area (Å²) in [5.74, 6) is 0. The largest absolute Gasteiger partial charge is 0.367 e. The first-order chi connectivity index (χ1) is 8.40. The Balaban J connectivity index is 2.12. The normalized spacial score (nSPS) is 18.1. The highest BCUT2D eigenvalue weighted by atomic mass is 16.5. The molecule has 1 aliphatic heterocycles. The Bertz CT molecular complexity index is 527. The fourth-order valence-corrected chi connectivity index (χ4v) is 2.23. The SMILES string of the molecule is NCC1OCc2c(-c3ccncn3)cccc21. The number of nitrogens with two attached hydrogens (primary N) is 1. The molecule has 2 aromatic rings. The van der Waals surface area contributed by atoms with Gasteiger partial charge in [0.25, 0.3) is 0 Å². The van der Waals surface area contributed by atoms with Crippen molar-refractivity contribution in [1.29, 1.82) is 0 Å². The Hall–Kier alpha value is -1.78. The van der Waals surface area contributed by atoms with Crippen LogP contribution < -0.4 is 5.73 Å². The number of aromatic nitrogens is 2. The van der Waals surface area contributed by atoms with Gasteiger partial charge in [-0.3, -0.25) is 0 Å². The van der Waals surface area contributed by atoms with Gasteiger partial charge in [-0.15, -0.1) is 0 Å². The van der Waals surface area contributed by atoms with Crippen LogP contribution in [0.15, 0.2) is 36.8 Å². The Labute approximate surface area is 99.5 Å². The number of hydrogen-bond acceptors (Lipinski definition) is 4. The van der Waals surface area contributed by atoms with E-state index in [0.29, 0.717) is 13.2 Å². The molecule has 3 rings (SSSR count). The number of ether oxygens (including phenoxy) is 1. The lowest BCUT2D eigenvalue weighted by atomic mass is 9.98. The third-order valence-electron chi connectivity index (χ3n) is 3.06. The van der Waals surface area contributed by atoms with E-state index in [2.05, 4.69) is 22.1 Å². The molecule has 0 spiro atoms. The van der Waals surface area contributed by atoms with E-state index >= 15 is 0 Å². The zero-order valence-corrected chi connectivity index (χ0v) is 9.34. The molecule has 1 unspecified atom stereocenters. The van der Waals surface area contributed by atoms with Crippen LogP contribution in [0.2, 0.25) is 0 Å². The maximum absolute atomic E-state index is 5.69. The van der Waals surface area contributed by atoms with Crippen molar-refractivity contribution >= 4 is 0 Å². The van der Waals surface area contributed by atoms with Crippen LogP contribution in [0, 0.1) is 0 Å². The fraction of sp³-hybridized carbons (Fsp3) is 0.231. The van der Waals surface area contributed by atoms with Crippen molar-refractivity contribution in [3.8, 4) is 11.3 Å². The minimum absolute atomic E-state index is 0.0202. The van der Waals surface area contributed by atoms with Gasteiger partial charge in [0.15, 0.2) is 0 Å². The Morgan fingerprint density at radius 1 is 1.35 bits per heavy atom. The van der Waals surface area contributed by atoms with Crippen molar-refractivity contribution in [1.82, 2.24) is 9.97 Å². The van der Waals surface area contributed by atoms with Gasteiger partial charge in [-0.2, -0.15) is 0 Å². The molecule has 4 heteroatoms. The van der Waals surface area contributed by atoms with Crippen LogP contribution in [0.4, 0.5) is 0 Å². The van der Waals surface area contributed by atoms with Gasteiger partial charge in [0.1, 0.15) is 6.33 Å². The smallest absolute Gasteiger partial charge is 0.116 e. The van der Waals surface area contributed by atoms with Gasteiger partial charge in [-0.25, -0.2) is 9.97 Å². The second-order valence-corrected chi connectivity index (χ2v) is 4.00. The van der Waals surface area contributed by atoms with E-state index in [0.717, 1.165) is 11.3 Å². The molecular weight excluding hydrogens is 214 g/mol. The summed E-state index contributed by atoms with van der Waals surface area (Å²) in [6.07, 6.45) is 3.33. The van der Waals surface area contributed by atoms with Crippen LogP contribution in [-0.2, 0) is 11.3 Å². The molecule has 0 saturated carbocycles. The second-order valence-electron chi connectivity index (χ2n) is 4.00. The molecule has 4 nitrogen and oxygen atoms in total. The molecule has 0 fully saturated rings. The first kappa shape index (κ1) is 10.4. The van der Waals surface area contributed by atoms with E-state index in [-0.39, 0.29) is 6.10 Å². The summed E-state index contributed by atoms with van der Waals surface area (Å²) in [4.78, 5) is 8.21. The van der Waals surface area contributed by atoms with Gasteiger partial charge in [0.05, 0.1) is 18.4 Å². The summed E-state index contributed by atoms with van der Waals surface area (Å²) in [5, 5.41) is 0. The second kappa shape index (κ2) is 4.24. The fourth-order valence-electron chi connectivity index (χ4n) is 2.23. The van der Waals surface area contributed by atoms with Crippen molar-refractivity contribution in [2.75, 3.05) is 6.54 Å². The van der Waals surface area contributed by atoms with Crippen molar-refractivity contribution < 1.29 is 4.74 Å². The molecule has 1 aromatic carbocycles. The molecule has 1 aromatic heterocycles. The van der Waals surface area contributed by atoms with E-state index in [9.17, 15) is 0 Å². The number of hydrogen-bond donors (Lipinski definition) is 1. The molecule has 86 valence electrons. The lowest BCUT2D eigenvalue weighted by Crippen LogP contribution is -2.10. The highest BCUT2D eigenvalue weighted by molar-refractivity contribution is 5.65. The van der Waals surface area contributed by atoms with Gasteiger partial charge < -0.3 is 10.5 Å². The van der Waals surface area contributed by atoms with E-state index in [1.165, 1.54) is 11.1 Å². The maximum Gasteiger partial charge on any atom is 0.116 e. The molecule has 1 aliphatic rings. The predicted molar refractivity (Wildman–Crippen MR) is 64.1 cm³/mol. The standard InChI is InChI=1S/C13H13N3O/c14-6-13-10-3-1-2-9(11(10)7-17-13)12-4-5-15-8-16-12/h1-5,8,13H,6-7,14H2. The molecule has 0 radical (unpaired) electrons. The van der Waals surface area contributed by atoms with Gasteiger partial charge in [-0.1, -0.05) is 18.2 Å². The summed E-state index contributed by atoms with van der Waals surface area (Å²) < 4.78 is 5.67. The topological polar surface area (TPSA) is 61.0 Å². The first-order valence-corrected chi connectivity index (χ1v) is 5.60.